The van der Waals surface area contributed by atoms with E-state index >= 15 is 0 Å². The second kappa shape index (κ2) is 5.48. The number of hydrogen-bond donors (Lipinski definition) is 2. The molecule has 2 heterocycles. The first-order valence-corrected chi connectivity index (χ1v) is 7.50. The first-order valence-electron chi connectivity index (χ1n) is 7.50. The molecular formula is C16H21N3O2. The van der Waals surface area contributed by atoms with Crippen molar-refractivity contribution in [3.63, 3.8) is 0 Å². The van der Waals surface area contributed by atoms with Gasteiger partial charge in [-0.05, 0) is 55.5 Å². The number of nitrogens with zero attached hydrogens (tertiary/aromatic N) is 1. The molecule has 0 aromatic heterocycles. The first kappa shape index (κ1) is 14.1. The van der Waals surface area contributed by atoms with Crippen molar-refractivity contribution in [2.45, 2.75) is 19.3 Å². The van der Waals surface area contributed by atoms with Crippen molar-refractivity contribution in [1.29, 1.82) is 0 Å². The molecule has 3 rings (SSSR count). The smallest absolute Gasteiger partial charge is 0.253 e. The molecule has 2 fully saturated rings. The van der Waals surface area contributed by atoms with E-state index in [4.69, 9.17) is 5.73 Å². The van der Waals surface area contributed by atoms with Gasteiger partial charge in [0, 0.05) is 30.8 Å². The van der Waals surface area contributed by atoms with Crippen molar-refractivity contribution in [1.82, 2.24) is 10.2 Å². The number of carbonyl (C=O) groups excluding carboxylic acids is 2. The molecule has 21 heavy (non-hydrogen) atoms. The number of nitrogens with one attached hydrogen (secondary N) is 1. The Morgan fingerprint density at radius 3 is 2.19 bits per heavy atom. The highest BCUT2D eigenvalue weighted by molar-refractivity contribution is 5.97. The Hall–Kier alpha value is -1.88. The van der Waals surface area contributed by atoms with Gasteiger partial charge in [0.15, 0.2) is 0 Å². The summed E-state index contributed by atoms with van der Waals surface area (Å²) in [6.45, 7) is 3.82. The number of carbonyl (C=O) groups is 2. The third kappa shape index (κ3) is 2.78. The van der Waals surface area contributed by atoms with Crippen LogP contribution in [0.15, 0.2) is 24.3 Å². The van der Waals surface area contributed by atoms with Gasteiger partial charge in [-0.3, -0.25) is 9.59 Å². The van der Waals surface area contributed by atoms with Crippen molar-refractivity contribution < 1.29 is 9.59 Å². The molecule has 2 aliphatic rings. The number of primary amides is 1. The van der Waals surface area contributed by atoms with Gasteiger partial charge in [-0.25, -0.2) is 0 Å². The van der Waals surface area contributed by atoms with Gasteiger partial charge in [-0.15, -0.1) is 0 Å². The lowest BCUT2D eigenvalue weighted by Crippen LogP contribution is -2.44. The second-order valence-electron chi connectivity index (χ2n) is 6.16. The van der Waals surface area contributed by atoms with Gasteiger partial charge in [-0.2, -0.15) is 0 Å². The van der Waals surface area contributed by atoms with E-state index in [0.717, 1.165) is 39.0 Å². The van der Waals surface area contributed by atoms with E-state index in [0.29, 0.717) is 16.5 Å². The fraction of sp³-hybridized carbons (Fsp3) is 0.500. The molecule has 5 heteroatoms. The van der Waals surface area contributed by atoms with E-state index in [9.17, 15) is 9.59 Å². The molecule has 2 aliphatic heterocycles. The lowest BCUT2D eigenvalue weighted by molar-refractivity contribution is 0.0607. The Bertz CT molecular complexity index is 537. The Balaban J connectivity index is 1.64. The van der Waals surface area contributed by atoms with Crippen LogP contribution in [0.5, 0.6) is 0 Å². The standard InChI is InChI=1S/C16H21N3O2/c17-14(20)12-1-3-13(4-2-12)15(21)19-9-6-16(7-10-19)5-8-18-11-16/h1-4,18H,5-11H2,(H2,17,20). The van der Waals surface area contributed by atoms with Gasteiger partial charge in [-0.1, -0.05) is 0 Å². The predicted molar refractivity (Wildman–Crippen MR) is 80.0 cm³/mol. The summed E-state index contributed by atoms with van der Waals surface area (Å²) in [5, 5.41) is 3.43. The van der Waals surface area contributed by atoms with E-state index < -0.39 is 5.91 Å². The summed E-state index contributed by atoms with van der Waals surface area (Å²) in [6, 6.07) is 6.59. The molecule has 1 aromatic rings. The van der Waals surface area contributed by atoms with Gasteiger partial charge in [0.2, 0.25) is 5.91 Å². The molecule has 2 amide bonds. The van der Waals surface area contributed by atoms with Crippen molar-refractivity contribution >= 4 is 11.8 Å². The fourth-order valence-corrected chi connectivity index (χ4v) is 3.37. The summed E-state index contributed by atoms with van der Waals surface area (Å²) >= 11 is 0. The van der Waals surface area contributed by atoms with Gasteiger partial charge in [0.05, 0.1) is 0 Å². The molecule has 0 bridgehead atoms. The van der Waals surface area contributed by atoms with Crippen LogP contribution in [-0.2, 0) is 0 Å². The maximum atomic E-state index is 12.5. The van der Waals surface area contributed by atoms with Gasteiger partial charge >= 0.3 is 0 Å². The highest BCUT2D eigenvalue weighted by Gasteiger charge is 2.38. The average molecular weight is 287 g/mol. The maximum Gasteiger partial charge on any atom is 0.253 e. The first-order chi connectivity index (χ1) is 10.1. The van der Waals surface area contributed by atoms with Crippen molar-refractivity contribution in [2.24, 2.45) is 11.1 Å². The minimum atomic E-state index is -0.470. The molecule has 0 radical (unpaired) electrons. The Kier molecular flexibility index (Phi) is 3.68. The minimum Gasteiger partial charge on any atom is -0.366 e. The quantitative estimate of drug-likeness (QED) is 0.852. The number of hydrogen-bond acceptors (Lipinski definition) is 3. The maximum absolute atomic E-state index is 12.5. The Morgan fingerprint density at radius 1 is 1.05 bits per heavy atom. The molecule has 112 valence electrons. The van der Waals surface area contributed by atoms with E-state index in [-0.39, 0.29) is 5.91 Å². The minimum absolute atomic E-state index is 0.0480. The summed E-state index contributed by atoms with van der Waals surface area (Å²) < 4.78 is 0. The molecule has 0 aliphatic carbocycles. The zero-order valence-corrected chi connectivity index (χ0v) is 12.1. The number of nitrogens with two attached hydrogens (primary N) is 1. The van der Waals surface area contributed by atoms with Crippen molar-refractivity contribution in [3.05, 3.63) is 35.4 Å². The monoisotopic (exact) mass is 287 g/mol. The molecule has 0 atom stereocenters. The largest absolute Gasteiger partial charge is 0.366 e. The van der Waals surface area contributed by atoms with Crippen molar-refractivity contribution in [3.8, 4) is 0 Å². The summed E-state index contributed by atoms with van der Waals surface area (Å²) in [4.78, 5) is 25.4. The van der Waals surface area contributed by atoms with E-state index in [1.165, 1.54) is 6.42 Å². The Labute approximate surface area is 124 Å². The van der Waals surface area contributed by atoms with Crippen LogP contribution in [0.1, 0.15) is 40.0 Å². The number of amides is 2. The van der Waals surface area contributed by atoms with Crippen LogP contribution in [0.4, 0.5) is 0 Å². The zero-order chi connectivity index (χ0) is 14.9. The van der Waals surface area contributed by atoms with Gasteiger partial charge in [0.1, 0.15) is 0 Å². The number of rotatable bonds is 2. The normalized spacial score (nSPS) is 20.7. The van der Waals surface area contributed by atoms with Crippen LogP contribution in [-0.4, -0.2) is 42.9 Å². The fourth-order valence-electron chi connectivity index (χ4n) is 3.37. The molecule has 0 saturated carbocycles. The lowest BCUT2D eigenvalue weighted by Gasteiger charge is -2.38. The second-order valence-corrected chi connectivity index (χ2v) is 6.16. The lowest BCUT2D eigenvalue weighted by atomic mass is 9.78. The molecule has 0 unspecified atom stereocenters. The number of piperidine rings is 1. The average Bonchev–Trinajstić information content (AvgIpc) is 2.96. The van der Waals surface area contributed by atoms with Crippen LogP contribution in [0.25, 0.3) is 0 Å². The van der Waals surface area contributed by atoms with Crippen molar-refractivity contribution in [2.75, 3.05) is 26.2 Å². The Morgan fingerprint density at radius 2 is 1.67 bits per heavy atom. The van der Waals surface area contributed by atoms with Crippen LogP contribution >= 0.6 is 0 Å². The molecule has 3 N–H and O–H groups in total. The summed E-state index contributed by atoms with van der Waals surface area (Å²) in [6.07, 6.45) is 3.37. The van der Waals surface area contributed by atoms with Gasteiger partial charge < -0.3 is 16.0 Å². The van der Waals surface area contributed by atoms with Gasteiger partial charge in [0.25, 0.3) is 5.91 Å². The molecular weight excluding hydrogens is 266 g/mol. The molecule has 5 nitrogen and oxygen atoms in total. The SMILES string of the molecule is NC(=O)c1ccc(C(=O)N2CCC3(CCNC3)CC2)cc1. The molecule has 1 spiro atoms. The van der Waals surface area contributed by atoms with Crippen LogP contribution in [0.2, 0.25) is 0 Å². The topological polar surface area (TPSA) is 75.4 Å². The third-order valence-corrected chi connectivity index (χ3v) is 4.86. The van der Waals surface area contributed by atoms with E-state index in [1.54, 1.807) is 24.3 Å². The van der Waals surface area contributed by atoms with Crippen LogP contribution in [0, 0.1) is 5.41 Å². The zero-order valence-electron chi connectivity index (χ0n) is 12.1. The summed E-state index contributed by atoms with van der Waals surface area (Å²) in [5.41, 5.74) is 6.68. The van der Waals surface area contributed by atoms with Crippen LogP contribution < -0.4 is 11.1 Å². The predicted octanol–water partition coefficient (Wildman–Crippen LogP) is 1.00. The number of likely N-dealkylation sites (tertiary alicyclic amines) is 1. The van der Waals surface area contributed by atoms with E-state index in [2.05, 4.69) is 5.32 Å². The number of benzene rings is 1. The van der Waals surface area contributed by atoms with Crippen LogP contribution in [0.3, 0.4) is 0 Å². The molecule has 1 aromatic carbocycles. The third-order valence-electron chi connectivity index (χ3n) is 4.86. The molecule has 2 saturated heterocycles. The summed E-state index contributed by atoms with van der Waals surface area (Å²) in [7, 11) is 0. The summed E-state index contributed by atoms with van der Waals surface area (Å²) in [5.74, 6) is -0.422. The van der Waals surface area contributed by atoms with E-state index in [1.807, 2.05) is 4.90 Å². The highest BCUT2D eigenvalue weighted by Crippen LogP contribution is 2.37. The highest BCUT2D eigenvalue weighted by atomic mass is 16.2.